The molecule has 1 fully saturated rings. The first-order valence-corrected chi connectivity index (χ1v) is 6.80. The lowest BCUT2D eigenvalue weighted by Gasteiger charge is -2.35. The Morgan fingerprint density at radius 2 is 2.09 bits per heavy atom. The first-order valence-electron chi connectivity index (χ1n) is 6.80. The van der Waals surface area contributed by atoms with Gasteiger partial charge in [0.05, 0.1) is 19.3 Å². The lowest BCUT2D eigenvalue weighted by atomic mass is 10.00. The van der Waals surface area contributed by atoms with Crippen LogP contribution in [0.4, 0.5) is 0 Å². The van der Waals surface area contributed by atoms with Gasteiger partial charge >= 0.3 is 12.2 Å². The van der Waals surface area contributed by atoms with E-state index in [2.05, 4.69) is 10.1 Å². The van der Waals surface area contributed by atoms with Gasteiger partial charge in [0.1, 0.15) is 6.04 Å². The molecule has 1 rings (SSSR count). The Labute approximate surface area is 127 Å². The largest absolute Gasteiger partial charge is 0.461 e. The van der Waals surface area contributed by atoms with Crippen molar-refractivity contribution in [1.29, 1.82) is 0 Å². The first kappa shape index (κ1) is 18.0. The summed E-state index contributed by atoms with van der Waals surface area (Å²) in [6, 6.07) is -1.09. The predicted octanol–water partition coefficient (Wildman–Crippen LogP) is -1.17. The van der Waals surface area contributed by atoms with Gasteiger partial charge in [-0.05, 0) is 20.3 Å². The van der Waals surface area contributed by atoms with Gasteiger partial charge < -0.3 is 25.4 Å². The number of esters is 1. The standard InChI is InChI=1S/C13H19N3O6/c1-8(2)22-11(18)10(4-3-9(17)5-15-14)16-12(19)13(20)6-21-7-13/h5,8,10,20H,3-4,6-7H2,1-2H3,(H,16,19)/t10-/m0/s1. The summed E-state index contributed by atoms with van der Waals surface area (Å²) in [4.78, 5) is 37.8. The average Bonchev–Trinajstić information content (AvgIpc) is 2.39. The number of ketones is 1. The van der Waals surface area contributed by atoms with E-state index in [9.17, 15) is 19.5 Å². The second kappa shape index (κ2) is 7.79. The maximum Gasteiger partial charge on any atom is 0.328 e. The molecular formula is C13H19N3O6. The van der Waals surface area contributed by atoms with Crippen molar-refractivity contribution in [2.45, 2.75) is 44.4 Å². The summed E-state index contributed by atoms with van der Waals surface area (Å²) in [6.45, 7) is 2.99. The number of carbonyl (C=O) groups is 3. The normalized spacial score (nSPS) is 16.9. The second-order valence-corrected chi connectivity index (χ2v) is 5.29. The average molecular weight is 313 g/mol. The zero-order valence-electron chi connectivity index (χ0n) is 12.4. The molecule has 0 unspecified atom stereocenters. The van der Waals surface area contributed by atoms with Crippen molar-refractivity contribution in [3.05, 3.63) is 5.53 Å². The minimum absolute atomic E-state index is 0.0426. The van der Waals surface area contributed by atoms with Crippen LogP contribution in [0.3, 0.4) is 0 Å². The van der Waals surface area contributed by atoms with Crippen molar-refractivity contribution in [2.75, 3.05) is 13.2 Å². The van der Waals surface area contributed by atoms with Crippen LogP contribution in [0, 0.1) is 0 Å². The van der Waals surface area contributed by atoms with Gasteiger partial charge in [-0.1, -0.05) is 0 Å². The molecule has 1 heterocycles. The molecule has 0 radical (unpaired) electrons. The highest BCUT2D eigenvalue weighted by molar-refractivity contribution is 6.25. The zero-order valence-corrected chi connectivity index (χ0v) is 12.4. The quantitative estimate of drug-likeness (QED) is 0.251. The van der Waals surface area contributed by atoms with Gasteiger partial charge in [0.15, 0.2) is 5.60 Å². The van der Waals surface area contributed by atoms with Gasteiger partial charge in [0.2, 0.25) is 5.78 Å². The van der Waals surface area contributed by atoms with Crippen LogP contribution in [0.15, 0.2) is 0 Å². The third-order valence-corrected chi connectivity index (χ3v) is 2.93. The molecule has 1 aliphatic rings. The maximum absolute atomic E-state index is 11.9. The van der Waals surface area contributed by atoms with Crippen molar-refractivity contribution in [2.24, 2.45) is 0 Å². The number of hydrogen-bond donors (Lipinski definition) is 2. The Bertz CT molecular complexity index is 494. The van der Waals surface area contributed by atoms with E-state index in [1.807, 2.05) is 0 Å². The van der Waals surface area contributed by atoms with E-state index in [1.54, 1.807) is 13.8 Å². The van der Waals surface area contributed by atoms with E-state index < -0.39 is 35.4 Å². The molecule has 1 atom stereocenters. The lowest BCUT2D eigenvalue weighted by molar-refractivity contribution is -0.192. The van der Waals surface area contributed by atoms with Crippen molar-refractivity contribution >= 4 is 23.9 Å². The number of carbonyl (C=O) groups excluding carboxylic acids is 3. The van der Waals surface area contributed by atoms with E-state index >= 15 is 0 Å². The molecule has 0 aromatic heterocycles. The summed E-state index contributed by atoms with van der Waals surface area (Å²) in [5.41, 5.74) is 6.60. The van der Waals surface area contributed by atoms with Crippen LogP contribution in [-0.4, -0.2) is 64.7 Å². The van der Waals surface area contributed by atoms with Crippen LogP contribution in [0.2, 0.25) is 0 Å². The molecule has 0 saturated carbocycles. The van der Waals surface area contributed by atoms with Gasteiger partial charge in [0.25, 0.3) is 5.91 Å². The Kier molecular flexibility index (Phi) is 6.36. The number of nitrogens with one attached hydrogen (secondary N) is 1. The van der Waals surface area contributed by atoms with Crippen LogP contribution in [0.25, 0.3) is 5.53 Å². The highest BCUT2D eigenvalue weighted by Gasteiger charge is 2.45. The molecule has 9 heteroatoms. The summed E-state index contributed by atoms with van der Waals surface area (Å²) < 4.78 is 9.78. The number of rotatable bonds is 8. The molecule has 0 aromatic carbocycles. The van der Waals surface area contributed by atoms with Crippen molar-refractivity contribution in [3.63, 3.8) is 0 Å². The number of amides is 1. The van der Waals surface area contributed by atoms with E-state index in [0.29, 0.717) is 6.21 Å². The molecule has 122 valence electrons. The van der Waals surface area contributed by atoms with E-state index in [0.717, 1.165) is 0 Å². The smallest absolute Gasteiger partial charge is 0.328 e. The van der Waals surface area contributed by atoms with Crippen LogP contribution >= 0.6 is 0 Å². The summed E-state index contributed by atoms with van der Waals surface area (Å²) in [6.07, 6.45) is 0.146. The Balaban J connectivity index is 2.68. The maximum atomic E-state index is 11.9. The van der Waals surface area contributed by atoms with Gasteiger partial charge in [-0.3, -0.25) is 9.59 Å². The first-order chi connectivity index (χ1) is 10.3. The van der Waals surface area contributed by atoms with E-state index in [-0.39, 0.29) is 26.1 Å². The Hall–Kier alpha value is -2.09. The molecule has 0 spiro atoms. The lowest BCUT2D eigenvalue weighted by Crippen LogP contribution is -2.62. The van der Waals surface area contributed by atoms with Crippen molar-refractivity contribution in [1.82, 2.24) is 5.32 Å². The molecule has 2 N–H and O–H groups in total. The van der Waals surface area contributed by atoms with Crippen LogP contribution < -0.4 is 5.32 Å². The molecule has 1 saturated heterocycles. The number of hydrogen-bond acceptors (Lipinski definition) is 6. The van der Waals surface area contributed by atoms with Crippen molar-refractivity contribution < 1.29 is 33.8 Å². The van der Waals surface area contributed by atoms with Crippen LogP contribution in [0.5, 0.6) is 0 Å². The molecule has 1 amide bonds. The minimum atomic E-state index is -1.66. The minimum Gasteiger partial charge on any atom is -0.461 e. The molecule has 9 nitrogen and oxygen atoms in total. The molecule has 0 bridgehead atoms. The predicted molar refractivity (Wildman–Crippen MR) is 72.9 cm³/mol. The fraction of sp³-hybridized carbons (Fsp3) is 0.692. The number of nitrogens with zero attached hydrogens (tertiary/aromatic N) is 2. The van der Waals surface area contributed by atoms with Gasteiger partial charge in [-0.25, -0.2) is 4.79 Å². The Morgan fingerprint density at radius 1 is 1.45 bits per heavy atom. The third-order valence-electron chi connectivity index (χ3n) is 2.93. The molecular weight excluding hydrogens is 294 g/mol. The van der Waals surface area contributed by atoms with E-state index in [1.165, 1.54) is 0 Å². The highest BCUT2D eigenvalue weighted by Crippen LogP contribution is 2.17. The fourth-order valence-electron chi connectivity index (χ4n) is 1.70. The monoisotopic (exact) mass is 313 g/mol. The number of aliphatic hydroxyl groups is 1. The number of ether oxygens (including phenoxy) is 2. The zero-order chi connectivity index (χ0) is 16.8. The second-order valence-electron chi connectivity index (χ2n) is 5.29. The van der Waals surface area contributed by atoms with Crippen LogP contribution in [0.1, 0.15) is 26.7 Å². The van der Waals surface area contributed by atoms with Crippen LogP contribution in [-0.2, 0) is 23.9 Å². The van der Waals surface area contributed by atoms with Crippen molar-refractivity contribution in [3.8, 4) is 0 Å². The SMILES string of the molecule is CC(C)OC(=O)[C@H](CCC(=O)C=[N+]=[N-])NC(=O)C1(O)COC1. The van der Waals surface area contributed by atoms with Gasteiger partial charge in [0, 0.05) is 6.42 Å². The molecule has 0 aromatic rings. The van der Waals surface area contributed by atoms with Gasteiger partial charge in [-0.2, -0.15) is 4.79 Å². The molecule has 0 aliphatic carbocycles. The fourth-order valence-corrected chi connectivity index (χ4v) is 1.70. The topological polar surface area (TPSA) is 138 Å². The molecule has 22 heavy (non-hydrogen) atoms. The summed E-state index contributed by atoms with van der Waals surface area (Å²) in [7, 11) is 0. The molecule has 1 aliphatic heterocycles. The highest BCUT2D eigenvalue weighted by atomic mass is 16.5. The number of Topliss-reactive ketones (excluding diaryl/α,β-unsaturated/α-hetero) is 1. The third kappa shape index (κ3) is 5.03. The van der Waals surface area contributed by atoms with Gasteiger partial charge in [-0.15, -0.1) is 0 Å². The Morgan fingerprint density at radius 3 is 2.55 bits per heavy atom. The summed E-state index contributed by atoms with van der Waals surface area (Å²) >= 11 is 0. The summed E-state index contributed by atoms with van der Waals surface area (Å²) in [5, 5.41) is 12.2. The van der Waals surface area contributed by atoms with E-state index in [4.69, 9.17) is 15.0 Å². The summed E-state index contributed by atoms with van der Waals surface area (Å²) in [5.74, 6) is -1.97.